The first-order valence-electron chi connectivity index (χ1n) is 9.12. The van der Waals surface area contributed by atoms with Gasteiger partial charge in [-0.25, -0.2) is 5.43 Å². The highest BCUT2D eigenvalue weighted by atomic mass is 16.5. The number of nitrogens with one attached hydrogen (secondary N) is 2. The second-order valence-corrected chi connectivity index (χ2v) is 6.20. The smallest absolute Gasteiger partial charge is 0.329 e. The molecule has 0 aliphatic rings. The lowest BCUT2D eigenvalue weighted by atomic mass is 10.1. The van der Waals surface area contributed by atoms with Crippen LogP contribution >= 0.6 is 0 Å². The molecule has 0 saturated carbocycles. The van der Waals surface area contributed by atoms with E-state index in [1.807, 2.05) is 19.9 Å². The molecule has 0 aliphatic heterocycles. The van der Waals surface area contributed by atoms with Gasteiger partial charge in [0.1, 0.15) is 6.61 Å². The molecule has 0 unspecified atom stereocenters. The molecular formula is C21H22N3O6-. The highest BCUT2D eigenvalue weighted by Crippen LogP contribution is 2.28. The summed E-state index contributed by atoms with van der Waals surface area (Å²) in [7, 11) is 0. The molecule has 0 spiro atoms. The van der Waals surface area contributed by atoms with Crippen LogP contribution in [0.2, 0.25) is 0 Å². The van der Waals surface area contributed by atoms with Crippen LogP contribution in [0.25, 0.3) is 0 Å². The van der Waals surface area contributed by atoms with Gasteiger partial charge < -0.3 is 24.7 Å². The minimum Gasteiger partial charge on any atom is -0.546 e. The van der Waals surface area contributed by atoms with E-state index in [4.69, 9.17) is 9.47 Å². The number of carboxylic acid groups (broad SMARTS) is 1. The molecule has 0 heterocycles. The molecule has 0 radical (unpaired) electrons. The Labute approximate surface area is 173 Å². The number of hydrogen-bond acceptors (Lipinski definition) is 7. The Balaban J connectivity index is 2.00. The zero-order valence-electron chi connectivity index (χ0n) is 16.9. The minimum atomic E-state index is -1.36. The number of benzene rings is 2. The molecule has 2 aromatic carbocycles. The van der Waals surface area contributed by atoms with Crippen molar-refractivity contribution >= 4 is 29.7 Å². The summed E-state index contributed by atoms with van der Waals surface area (Å²) in [5.41, 5.74) is 5.09. The van der Waals surface area contributed by atoms with Gasteiger partial charge in [0.2, 0.25) is 0 Å². The van der Waals surface area contributed by atoms with Crippen molar-refractivity contribution in [3.8, 4) is 11.5 Å². The van der Waals surface area contributed by atoms with Gasteiger partial charge in [0.15, 0.2) is 11.5 Å². The van der Waals surface area contributed by atoms with E-state index < -0.39 is 24.4 Å². The molecule has 0 fully saturated rings. The van der Waals surface area contributed by atoms with Crippen molar-refractivity contribution in [2.24, 2.45) is 5.10 Å². The standard InChI is InChI=1S/C21H23N3O6/c1-4-29-18-10-15(8-9-17(18)30-12-19(25)26)11-22-24-21(28)20(27)23-16-7-5-6-13(2)14(16)3/h5-11H,4,12H2,1-3H3,(H,23,27)(H,24,28)(H,25,26)/p-1/b22-11-. The van der Waals surface area contributed by atoms with Crippen LogP contribution in [-0.2, 0) is 14.4 Å². The molecule has 30 heavy (non-hydrogen) atoms. The number of anilines is 1. The van der Waals surface area contributed by atoms with Crippen molar-refractivity contribution in [1.82, 2.24) is 5.43 Å². The predicted octanol–water partition coefficient (Wildman–Crippen LogP) is 0.920. The summed E-state index contributed by atoms with van der Waals surface area (Å²) >= 11 is 0. The fourth-order valence-electron chi connectivity index (χ4n) is 2.41. The molecule has 0 bridgehead atoms. The molecule has 0 aromatic heterocycles. The Morgan fingerprint density at radius 2 is 1.83 bits per heavy atom. The second-order valence-electron chi connectivity index (χ2n) is 6.20. The summed E-state index contributed by atoms with van der Waals surface area (Å²) < 4.78 is 10.5. The Bertz CT molecular complexity index is 971. The van der Waals surface area contributed by atoms with Crippen molar-refractivity contribution in [3.05, 3.63) is 53.1 Å². The SMILES string of the molecule is CCOc1cc(/C=N\NC(=O)C(=O)Nc2cccc(C)c2C)ccc1OCC(=O)[O-]. The molecule has 2 rings (SSSR count). The lowest BCUT2D eigenvalue weighted by molar-refractivity contribution is -0.307. The molecule has 0 saturated heterocycles. The van der Waals surface area contributed by atoms with E-state index in [9.17, 15) is 19.5 Å². The van der Waals surface area contributed by atoms with Crippen LogP contribution in [0.3, 0.4) is 0 Å². The summed E-state index contributed by atoms with van der Waals surface area (Å²) in [6, 6.07) is 10.0. The average Bonchev–Trinajstić information content (AvgIpc) is 2.70. The molecule has 0 aliphatic carbocycles. The van der Waals surface area contributed by atoms with E-state index in [1.165, 1.54) is 12.3 Å². The largest absolute Gasteiger partial charge is 0.546 e. The van der Waals surface area contributed by atoms with E-state index in [1.54, 1.807) is 31.2 Å². The number of carbonyl (C=O) groups excluding carboxylic acids is 3. The maximum Gasteiger partial charge on any atom is 0.329 e. The Morgan fingerprint density at radius 3 is 2.53 bits per heavy atom. The van der Waals surface area contributed by atoms with Crippen LogP contribution in [0.4, 0.5) is 5.69 Å². The number of amides is 2. The monoisotopic (exact) mass is 412 g/mol. The third-order valence-corrected chi connectivity index (χ3v) is 4.05. The summed E-state index contributed by atoms with van der Waals surface area (Å²) in [4.78, 5) is 34.6. The Morgan fingerprint density at radius 1 is 1.07 bits per heavy atom. The predicted molar refractivity (Wildman–Crippen MR) is 108 cm³/mol. The number of aliphatic carboxylic acids is 1. The zero-order valence-corrected chi connectivity index (χ0v) is 16.9. The fourth-order valence-corrected chi connectivity index (χ4v) is 2.41. The van der Waals surface area contributed by atoms with Crippen molar-refractivity contribution in [2.75, 3.05) is 18.5 Å². The van der Waals surface area contributed by atoms with Crippen LogP contribution in [0.5, 0.6) is 11.5 Å². The number of hydrogen-bond donors (Lipinski definition) is 2. The van der Waals surface area contributed by atoms with Crippen molar-refractivity contribution in [1.29, 1.82) is 0 Å². The number of ether oxygens (including phenoxy) is 2. The van der Waals surface area contributed by atoms with Crippen LogP contribution in [-0.4, -0.2) is 37.2 Å². The number of aryl methyl sites for hydroxylation is 1. The van der Waals surface area contributed by atoms with Crippen molar-refractivity contribution in [2.45, 2.75) is 20.8 Å². The summed E-state index contributed by atoms with van der Waals surface area (Å²) in [5, 5.41) is 16.9. The van der Waals surface area contributed by atoms with E-state index in [0.717, 1.165) is 11.1 Å². The quantitative estimate of drug-likeness (QED) is 0.377. The highest BCUT2D eigenvalue weighted by Gasteiger charge is 2.14. The van der Waals surface area contributed by atoms with Gasteiger partial charge in [0.25, 0.3) is 0 Å². The maximum atomic E-state index is 12.0. The molecule has 9 heteroatoms. The van der Waals surface area contributed by atoms with Gasteiger partial charge in [-0.2, -0.15) is 5.10 Å². The van der Waals surface area contributed by atoms with Gasteiger partial charge in [0.05, 0.1) is 18.8 Å². The lowest BCUT2D eigenvalue weighted by Crippen LogP contribution is -2.32. The number of carbonyl (C=O) groups is 3. The Kier molecular flexibility index (Phi) is 7.92. The number of carboxylic acids is 1. The molecule has 158 valence electrons. The summed E-state index contributed by atoms with van der Waals surface area (Å²) in [5.74, 6) is -2.59. The normalized spacial score (nSPS) is 10.5. The van der Waals surface area contributed by atoms with Gasteiger partial charge in [-0.05, 0) is 61.7 Å². The first-order valence-corrected chi connectivity index (χ1v) is 9.12. The first-order chi connectivity index (χ1) is 14.3. The van der Waals surface area contributed by atoms with Gasteiger partial charge in [-0.3, -0.25) is 9.59 Å². The van der Waals surface area contributed by atoms with Crippen molar-refractivity contribution < 1.29 is 29.0 Å². The van der Waals surface area contributed by atoms with Crippen molar-refractivity contribution in [3.63, 3.8) is 0 Å². The first kappa shape index (κ1) is 22.4. The molecule has 9 nitrogen and oxygen atoms in total. The third kappa shape index (κ3) is 6.33. The van der Waals surface area contributed by atoms with Crippen LogP contribution in [0, 0.1) is 13.8 Å². The van der Waals surface area contributed by atoms with Gasteiger partial charge >= 0.3 is 11.8 Å². The highest BCUT2D eigenvalue weighted by molar-refractivity contribution is 6.39. The fraction of sp³-hybridized carbons (Fsp3) is 0.238. The lowest BCUT2D eigenvalue weighted by Gasteiger charge is -2.12. The molecule has 2 N–H and O–H groups in total. The topological polar surface area (TPSA) is 129 Å². The Hall–Kier alpha value is -3.88. The van der Waals surface area contributed by atoms with E-state index >= 15 is 0 Å². The molecular weight excluding hydrogens is 390 g/mol. The number of rotatable bonds is 8. The second kappa shape index (κ2) is 10.6. The molecule has 0 atom stereocenters. The van der Waals surface area contributed by atoms with E-state index in [0.29, 0.717) is 23.6 Å². The van der Waals surface area contributed by atoms with Gasteiger partial charge in [0, 0.05) is 5.69 Å². The average molecular weight is 412 g/mol. The van der Waals surface area contributed by atoms with Gasteiger partial charge in [-0.15, -0.1) is 0 Å². The molecule has 2 amide bonds. The van der Waals surface area contributed by atoms with Crippen LogP contribution in [0.1, 0.15) is 23.6 Å². The summed E-state index contributed by atoms with van der Waals surface area (Å²) in [6.45, 7) is 5.23. The number of hydrazone groups is 1. The minimum absolute atomic E-state index is 0.232. The van der Waals surface area contributed by atoms with E-state index in [-0.39, 0.29) is 5.75 Å². The van der Waals surface area contributed by atoms with Gasteiger partial charge in [-0.1, -0.05) is 12.1 Å². The third-order valence-electron chi connectivity index (χ3n) is 4.05. The molecule has 2 aromatic rings. The van der Waals surface area contributed by atoms with E-state index in [2.05, 4.69) is 15.8 Å². The van der Waals surface area contributed by atoms with Crippen LogP contribution in [0.15, 0.2) is 41.5 Å². The van der Waals surface area contributed by atoms with Crippen LogP contribution < -0.4 is 25.3 Å². The maximum absolute atomic E-state index is 12.0. The summed E-state index contributed by atoms with van der Waals surface area (Å²) in [6.07, 6.45) is 1.31. The number of nitrogens with zero attached hydrogens (tertiary/aromatic N) is 1. The zero-order chi connectivity index (χ0) is 22.1.